The molecule has 24 heavy (non-hydrogen) atoms. The molecule has 0 unspecified atom stereocenters. The highest BCUT2D eigenvalue weighted by atomic mass is 16.3. The molecule has 2 N–H and O–H groups in total. The fourth-order valence-electron chi connectivity index (χ4n) is 3.64. The average Bonchev–Trinajstić information content (AvgIpc) is 2.62. The number of carbonyl (C=O) groups excluding carboxylic acids is 1. The van der Waals surface area contributed by atoms with Gasteiger partial charge < -0.3 is 15.3 Å². The van der Waals surface area contributed by atoms with Gasteiger partial charge in [-0.2, -0.15) is 5.26 Å². The van der Waals surface area contributed by atoms with Gasteiger partial charge in [0.25, 0.3) is 0 Å². The Morgan fingerprint density at radius 1 is 1.21 bits per heavy atom. The van der Waals surface area contributed by atoms with Crippen molar-refractivity contribution in [3.63, 3.8) is 0 Å². The van der Waals surface area contributed by atoms with Crippen LogP contribution in [0.5, 0.6) is 0 Å². The lowest BCUT2D eigenvalue weighted by molar-refractivity contribution is 0.00275. The predicted molar refractivity (Wildman–Crippen MR) is 91.6 cm³/mol. The Kier molecular flexibility index (Phi) is 5.34. The van der Waals surface area contributed by atoms with Gasteiger partial charge in [0.05, 0.1) is 17.7 Å². The molecular formula is C18H24N4O2. The summed E-state index contributed by atoms with van der Waals surface area (Å²) < 4.78 is 0. The molecule has 2 fully saturated rings. The molecule has 2 amide bonds. The first-order valence-corrected chi connectivity index (χ1v) is 8.65. The summed E-state index contributed by atoms with van der Waals surface area (Å²) in [6, 6.07) is 9.12. The van der Waals surface area contributed by atoms with Crippen LogP contribution in [-0.2, 0) is 0 Å². The normalized spacial score (nSPS) is 25.1. The summed E-state index contributed by atoms with van der Waals surface area (Å²) >= 11 is 0. The van der Waals surface area contributed by atoms with Crippen molar-refractivity contribution in [2.75, 3.05) is 31.5 Å². The Morgan fingerprint density at radius 2 is 1.96 bits per heavy atom. The zero-order chi connectivity index (χ0) is 16.9. The number of hydrogen-bond donors (Lipinski definition) is 2. The molecule has 1 aliphatic carbocycles. The summed E-state index contributed by atoms with van der Waals surface area (Å²) in [5, 5.41) is 22.0. The molecule has 1 aliphatic heterocycles. The van der Waals surface area contributed by atoms with Gasteiger partial charge in [0.2, 0.25) is 0 Å². The smallest absolute Gasteiger partial charge is 0.321 e. The van der Waals surface area contributed by atoms with E-state index in [1.165, 1.54) is 6.42 Å². The van der Waals surface area contributed by atoms with Crippen molar-refractivity contribution < 1.29 is 9.90 Å². The fourth-order valence-corrected chi connectivity index (χ4v) is 3.64. The number of carbonyl (C=O) groups is 1. The molecule has 1 saturated carbocycles. The van der Waals surface area contributed by atoms with Crippen molar-refractivity contribution in [2.45, 2.75) is 37.8 Å². The zero-order valence-electron chi connectivity index (χ0n) is 13.8. The van der Waals surface area contributed by atoms with E-state index in [1.54, 1.807) is 29.2 Å². The van der Waals surface area contributed by atoms with Crippen LogP contribution in [-0.4, -0.2) is 59.3 Å². The Balaban J connectivity index is 1.52. The van der Waals surface area contributed by atoms with Crippen molar-refractivity contribution in [3.8, 4) is 6.07 Å². The SMILES string of the molecule is N#Cc1cccc(NC(=O)N2CCN([C@H]3CCCC[C@@H]3O)CC2)c1. The van der Waals surface area contributed by atoms with E-state index in [2.05, 4.69) is 16.3 Å². The number of benzene rings is 1. The van der Waals surface area contributed by atoms with E-state index in [4.69, 9.17) is 5.26 Å². The lowest BCUT2D eigenvalue weighted by Gasteiger charge is -2.42. The minimum Gasteiger partial charge on any atom is -0.391 e. The van der Waals surface area contributed by atoms with E-state index in [1.807, 2.05) is 0 Å². The number of anilines is 1. The van der Waals surface area contributed by atoms with Crippen LogP contribution in [0.25, 0.3) is 0 Å². The van der Waals surface area contributed by atoms with Gasteiger partial charge in [0.15, 0.2) is 0 Å². The van der Waals surface area contributed by atoms with Crippen molar-refractivity contribution in [1.82, 2.24) is 9.80 Å². The quantitative estimate of drug-likeness (QED) is 0.870. The number of aliphatic hydroxyl groups excluding tert-OH is 1. The highest BCUT2D eigenvalue weighted by Gasteiger charge is 2.31. The fraction of sp³-hybridized carbons (Fsp3) is 0.556. The number of hydrogen-bond acceptors (Lipinski definition) is 4. The summed E-state index contributed by atoms with van der Waals surface area (Å²) in [5.74, 6) is 0. The average molecular weight is 328 g/mol. The molecule has 1 aromatic carbocycles. The second kappa shape index (κ2) is 7.65. The summed E-state index contributed by atoms with van der Waals surface area (Å²) in [6.45, 7) is 2.92. The van der Waals surface area contributed by atoms with Gasteiger partial charge in [-0.15, -0.1) is 0 Å². The van der Waals surface area contributed by atoms with Gasteiger partial charge in [-0.1, -0.05) is 18.9 Å². The minimum atomic E-state index is -0.229. The van der Waals surface area contributed by atoms with E-state index in [-0.39, 0.29) is 18.2 Å². The molecule has 0 radical (unpaired) electrons. The molecule has 3 rings (SSSR count). The molecule has 6 nitrogen and oxygen atoms in total. The standard InChI is InChI=1S/C18H24N4O2/c19-13-14-4-3-5-15(12-14)20-18(24)22-10-8-21(9-11-22)16-6-1-2-7-17(16)23/h3-5,12,16-17,23H,1-2,6-11H2,(H,20,24)/t16-,17-/m0/s1. The van der Waals surface area contributed by atoms with Crippen LogP contribution in [0.15, 0.2) is 24.3 Å². The van der Waals surface area contributed by atoms with E-state index >= 15 is 0 Å². The highest BCUT2D eigenvalue weighted by Crippen LogP contribution is 2.24. The number of urea groups is 1. The topological polar surface area (TPSA) is 79.6 Å². The Labute approximate surface area is 142 Å². The van der Waals surface area contributed by atoms with Gasteiger partial charge in [0.1, 0.15) is 0 Å². The van der Waals surface area contributed by atoms with Gasteiger partial charge in [0, 0.05) is 37.9 Å². The van der Waals surface area contributed by atoms with Gasteiger partial charge >= 0.3 is 6.03 Å². The van der Waals surface area contributed by atoms with Crippen molar-refractivity contribution in [3.05, 3.63) is 29.8 Å². The summed E-state index contributed by atoms with van der Waals surface area (Å²) in [4.78, 5) is 16.5. The van der Waals surface area contributed by atoms with E-state index in [0.717, 1.165) is 32.4 Å². The number of nitrogens with zero attached hydrogens (tertiary/aromatic N) is 3. The first-order valence-electron chi connectivity index (χ1n) is 8.65. The number of nitrogens with one attached hydrogen (secondary N) is 1. The summed E-state index contributed by atoms with van der Waals surface area (Å²) in [5.41, 5.74) is 1.17. The molecule has 2 aliphatic rings. The molecule has 6 heteroatoms. The summed E-state index contributed by atoms with van der Waals surface area (Å²) in [7, 11) is 0. The number of nitriles is 1. The first-order chi connectivity index (χ1) is 11.7. The number of piperazine rings is 1. The van der Waals surface area contributed by atoms with Crippen LogP contribution in [0.4, 0.5) is 10.5 Å². The third kappa shape index (κ3) is 3.86. The lowest BCUT2D eigenvalue weighted by atomic mass is 9.91. The van der Waals surface area contributed by atoms with Crippen molar-refractivity contribution >= 4 is 11.7 Å². The molecule has 0 aromatic heterocycles. The molecule has 1 heterocycles. The third-order valence-electron chi connectivity index (χ3n) is 5.01. The molecule has 0 spiro atoms. The minimum absolute atomic E-state index is 0.131. The van der Waals surface area contributed by atoms with Crippen LogP contribution in [0, 0.1) is 11.3 Å². The number of aliphatic hydroxyl groups is 1. The largest absolute Gasteiger partial charge is 0.391 e. The second-order valence-electron chi connectivity index (χ2n) is 6.56. The lowest BCUT2D eigenvalue weighted by Crippen LogP contribution is -2.56. The molecule has 128 valence electrons. The van der Waals surface area contributed by atoms with Crippen LogP contribution in [0.3, 0.4) is 0 Å². The Hall–Kier alpha value is -2.10. The number of amides is 2. The first kappa shape index (κ1) is 16.7. The molecule has 0 bridgehead atoms. The monoisotopic (exact) mass is 328 g/mol. The maximum atomic E-state index is 12.4. The van der Waals surface area contributed by atoms with E-state index < -0.39 is 0 Å². The predicted octanol–water partition coefficient (Wildman–Crippen LogP) is 2.01. The van der Waals surface area contributed by atoms with E-state index in [9.17, 15) is 9.90 Å². The van der Waals surface area contributed by atoms with Crippen molar-refractivity contribution in [1.29, 1.82) is 5.26 Å². The Bertz CT molecular complexity index is 620. The van der Waals surface area contributed by atoms with Gasteiger partial charge in [-0.25, -0.2) is 4.79 Å². The molecular weight excluding hydrogens is 304 g/mol. The van der Waals surface area contributed by atoms with Crippen LogP contribution in [0.1, 0.15) is 31.2 Å². The van der Waals surface area contributed by atoms with Crippen LogP contribution in [0.2, 0.25) is 0 Å². The number of rotatable bonds is 2. The maximum Gasteiger partial charge on any atom is 0.321 e. The van der Waals surface area contributed by atoms with Crippen molar-refractivity contribution in [2.24, 2.45) is 0 Å². The highest BCUT2D eigenvalue weighted by molar-refractivity contribution is 5.89. The second-order valence-corrected chi connectivity index (χ2v) is 6.56. The third-order valence-corrected chi connectivity index (χ3v) is 5.01. The van der Waals surface area contributed by atoms with E-state index in [0.29, 0.717) is 24.3 Å². The summed E-state index contributed by atoms with van der Waals surface area (Å²) in [6.07, 6.45) is 4.00. The van der Waals surface area contributed by atoms with Gasteiger partial charge in [-0.3, -0.25) is 4.90 Å². The van der Waals surface area contributed by atoms with Gasteiger partial charge in [-0.05, 0) is 31.0 Å². The zero-order valence-corrected chi connectivity index (χ0v) is 13.8. The van der Waals surface area contributed by atoms with Crippen LogP contribution >= 0.6 is 0 Å². The Morgan fingerprint density at radius 3 is 2.67 bits per heavy atom. The molecule has 1 aromatic rings. The van der Waals surface area contributed by atoms with Crippen LogP contribution < -0.4 is 5.32 Å². The molecule has 1 saturated heterocycles. The maximum absolute atomic E-state index is 12.4. The molecule has 2 atom stereocenters.